The molecule has 2 unspecified atom stereocenters. The number of rotatable bonds is 6. The fourth-order valence-corrected chi connectivity index (χ4v) is 3.15. The summed E-state index contributed by atoms with van der Waals surface area (Å²) in [5, 5.41) is 3.59. The molecule has 1 aromatic heterocycles. The van der Waals surface area contributed by atoms with E-state index in [2.05, 4.69) is 42.2 Å². The van der Waals surface area contributed by atoms with Crippen LogP contribution in [-0.2, 0) is 13.1 Å². The van der Waals surface area contributed by atoms with Gasteiger partial charge >= 0.3 is 0 Å². The zero-order valence-electron chi connectivity index (χ0n) is 12.0. The highest BCUT2D eigenvalue weighted by atomic mass is 14.9. The fourth-order valence-electron chi connectivity index (χ4n) is 3.15. The van der Waals surface area contributed by atoms with Crippen LogP contribution < -0.4 is 5.32 Å². The molecule has 2 heteroatoms. The van der Waals surface area contributed by atoms with Crippen molar-refractivity contribution in [1.82, 2.24) is 9.88 Å². The number of hydrogen-bond acceptors (Lipinski definition) is 1. The molecule has 0 bridgehead atoms. The van der Waals surface area contributed by atoms with Gasteiger partial charge in [0, 0.05) is 25.5 Å². The zero-order valence-corrected chi connectivity index (χ0v) is 12.0. The lowest BCUT2D eigenvalue weighted by Gasteiger charge is -2.26. The third-order valence-electron chi connectivity index (χ3n) is 4.28. The van der Waals surface area contributed by atoms with Crippen LogP contribution in [0.4, 0.5) is 0 Å². The summed E-state index contributed by atoms with van der Waals surface area (Å²) in [4.78, 5) is 0. The summed E-state index contributed by atoms with van der Waals surface area (Å²) in [6.07, 6.45) is 11.6. The Hall–Kier alpha value is -0.760. The molecule has 1 aromatic rings. The topological polar surface area (TPSA) is 17.0 Å². The lowest BCUT2D eigenvalue weighted by Crippen LogP contribution is -2.21. The highest BCUT2D eigenvalue weighted by molar-refractivity contribution is 5.09. The van der Waals surface area contributed by atoms with Gasteiger partial charge in [0.25, 0.3) is 0 Å². The molecule has 0 aliphatic heterocycles. The second-order valence-corrected chi connectivity index (χ2v) is 5.95. The molecule has 0 spiro atoms. The van der Waals surface area contributed by atoms with E-state index in [1.54, 1.807) is 0 Å². The molecule has 1 saturated carbocycles. The minimum atomic E-state index is 0.960. The van der Waals surface area contributed by atoms with Crippen LogP contribution in [0, 0.1) is 11.8 Å². The van der Waals surface area contributed by atoms with E-state index in [1.807, 2.05) is 0 Å². The van der Waals surface area contributed by atoms with Crippen LogP contribution in [-0.4, -0.2) is 11.1 Å². The van der Waals surface area contributed by atoms with Gasteiger partial charge in [-0.15, -0.1) is 0 Å². The van der Waals surface area contributed by atoms with Crippen molar-refractivity contribution in [2.24, 2.45) is 11.8 Å². The van der Waals surface area contributed by atoms with Gasteiger partial charge in [0.15, 0.2) is 0 Å². The number of aromatic nitrogens is 1. The number of hydrogen-bond donors (Lipinski definition) is 1. The zero-order chi connectivity index (χ0) is 12.8. The second-order valence-electron chi connectivity index (χ2n) is 5.95. The van der Waals surface area contributed by atoms with Crippen LogP contribution >= 0.6 is 0 Å². The van der Waals surface area contributed by atoms with E-state index in [1.165, 1.54) is 44.2 Å². The first kappa shape index (κ1) is 13.7. The molecule has 1 heterocycles. The second kappa shape index (κ2) is 6.98. The molecule has 102 valence electrons. The van der Waals surface area contributed by atoms with Crippen molar-refractivity contribution >= 4 is 0 Å². The highest BCUT2D eigenvalue weighted by Gasteiger charge is 2.17. The molecule has 1 fully saturated rings. The smallest absolute Gasteiger partial charge is 0.0220 e. The van der Waals surface area contributed by atoms with Crippen LogP contribution in [0.3, 0.4) is 0 Å². The maximum Gasteiger partial charge on any atom is 0.0220 e. The van der Waals surface area contributed by atoms with Crippen molar-refractivity contribution in [1.29, 1.82) is 0 Å². The summed E-state index contributed by atoms with van der Waals surface area (Å²) >= 11 is 0. The third kappa shape index (κ3) is 4.16. The predicted molar refractivity (Wildman–Crippen MR) is 77.6 cm³/mol. The highest BCUT2D eigenvalue weighted by Crippen LogP contribution is 2.30. The lowest BCUT2D eigenvalue weighted by molar-refractivity contribution is 0.267. The molecule has 1 aliphatic carbocycles. The minimum Gasteiger partial charge on any atom is -0.354 e. The lowest BCUT2D eigenvalue weighted by atomic mass is 9.81. The van der Waals surface area contributed by atoms with Gasteiger partial charge in [-0.1, -0.05) is 26.2 Å². The molecule has 1 N–H and O–H groups in total. The first-order chi connectivity index (χ1) is 8.78. The maximum atomic E-state index is 3.59. The van der Waals surface area contributed by atoms with Crippen LogP contribution in [0.25, 0.3) is 0 Å². The van der Waals surface area contributed by atoms with E-state index >= 15 is 0 Å². The summed E-state index contributed by atoms with van der Waals surface area (Å²) in [7, 11) is 0. The summed E-state index contributed by atoms with van der Waals surface area (Å²) < 4.78 is 2.24. The first-order valence-electron chi connectivity index (χ1n) is 7.63. The van der Waals surface area contributed by atoms with Crippen LogP contribution in [0.1, 0.15) is 51.5 Å². The molecule has 0 radical (unpaired) electrons. The maximum absolute atomic E-state index is 3.59. The average Bonchev–Trinajstić information content (AvgIpc) is 2.83. The minimum absolute atomic E-state index is 0.960. The van der Waals surface area contributed by atoms with E-state index in [4.69, 9.17) is 0 Å². The quantitative estimate of drug-likeness (QED) is 0.757. The van der Waals surface area contributed by atoms with Gasteiger partial charge in [-0.2, -0.15) is 0 Å². The Bertz CT molecular complexity index is 343. The monoisotopic (exact) mass is 248 g/mol. The van der Waals surface area contributed by atoms with Crippen molar-refractivity contribution in [3.8, 4) is 0 Å². The van der Waals surface area contributed by atoms with Crippen molar-refractivity contribution in [2.45, 2.75) is 59.0 Å². The Morgan fingerprint density at radius 2 is 2.28 bits per heavy atom. The summed E-state index contributed by atoms with van der Waals surface area (Å²) in [6.45, 7) is 7.86. The number of nitrogens with one attached hydrogen (secondary N) is 1. The molecule has 18 heavy (non-hydrogen) atoms. The van der Waals surface area contributed by atoms with Gasteiger partial charge in [0.2, 0.25) is 0 Å². The molecular formula is C16H28N2. The Morgan fingerprint density at radius 3 is 3.00 bits per heavy atom. The van der Waals surface area contributed by atoms with E-state index < -0.39 is 0 Å². The largest absolute Gasteiger partial charge is 0.354 e. The van der Waals surface area contributed by atoms with E-state index in [9.17, 15) is 0 Å². The molecule has 0 saturated heterocycles. The summed E-state index contributed by atoms with van der Waals surface area (Å²) in [5.41, 5.74) is 1.41. The van der Waals surface area contributed by atoms with Crippen LogP contribution in [0.5, 0.6) is 0 Å². The van der Waals surface area contributed by atoms with E-state index in [0.29, 0.717) is 0 Å². The third-order valence-corrected chi connectivity index (χ3v) is 4.28. The fraction of sp³-hybridized carbons (Fsp3) is 0.750. The van der Waals surface area contributed by atoms with Crippen molar-refractivity contribution in [2.75, 3.05) is 6.54 Å². The van der Waals surface area contributed by atoms with Gasteiger partial charge in [0.1, 0.15) is 0 Å². The van der Waals surface area contributed by atoms with E-state index in [0.717, 1.165) is 24.9 Å². The molecule has 1 aliphatic rings. The molecule has 2 rings (SSSR count). The molecule has 0 amide bonds. The van der Waals surface area contributed by atoms with Crippen LogP contribution in [0.2, 0.25) is 0 Å². The van der Waals surface area contributed by atoms with Crippen molar-refractivity contribution in [3.05, 3.63) is 24.0 Å². The van der Waals surface area contributed by atoms with Gasteiger partial charge in [-0.3, -0.25) is 0 Å². The number of nitrogens with zero attached hydrogens (tertiary/aromatic N) is 1. The van der Waals surface area contributed by atoms with Gasteiger partial charge in [-0.25, -0.2) is 0 Å². The Morgan fingerprint density at radius 1 is 1.39 bits per heavy atom. The summed E-state index contributed by atoms with van der Waals surface area (Å²) in [5.74, 6) is 1.93. The molecular weight excluding hydrogens is 220 g/mol. The molecule has 2 atom stereocenters. The standard InChI is InChI=1S/C16H28N2/c1-3-18-10-8-16(13-18)12-17-9-7-15-6-4-5-14(2)11-15/h8,10,13-15,17H,3-7,9,11-12H2,1-2H3. The van der Waals surface area contributed by atoms with Gasteiger partial charge in [-0.05, 0) is 49.8 Å². The van der Waals surface area contributed by atoms with Crippen LogP contribution in [0.15, 0.2) is 18.5 Å². The Labute approximate surface area is 112 Å². The van der Waals surface area contributed by atoms with Gasteiger partial charge in [0.05, 0.1) is 0 Å². The summed E-state index contributed by atoms with van der Waals surface area (Å²) in [6, 6.07) is 2.22. The average molecular weight is 248 g/mol. The SMILES string of the molecule is CCn1ccc(CNCCC2CCCC(C)C2)c1. The van der Waals surface area contributed by atoms with Gasteiger partial charge < -0.3 is 9.88 Å². The number of aryl methyl sites for hydroxylation is 1. The van der Waals surface area contributed by atoms with Crippen molar-refractivity contribution in [3.63, 3.8) is 0 Å². The predicted octanol–water partition coefficient (Wildman–Crippen LogP) is 3.81. The normalized spacial score (nSPS) is 24.3. The van der Waals surface area contributed by atoms with Crippen molar-refractivity contribution < 1.29 is 0 Å². The molecule has 0 aromatic carbocycles. The van der Waals surface area contributed by atoms with E-state index in [-0.39, 0.29) is 0 Å². The Balaban J connectivity index is 1.60. The first-order valence-corrected chi connectivity index (χ1v) is 7.63. The molecule has 2 nitrogen and oxygen atoms in total. The Kier molecular flexibility index (Phi) is 5.30.